The van der Waals surface area contributed by atoms with Crippen molar-refractivity contribution in [1.82, 2.24) is 19.7 Å². The molecule has 0 radical (unpaired) electrons. The maximum Gasteiger partial charge on any atom is 0.408 e. The number of ether oxygens (including phenoxy) is 1. The van der Waals surface area contributed by atoms with Gasteiger partial charge in [0, 0.05) is 29.7 Å². The predicted octanol–water partition coefficient (Wildman–Crippen LogP) is 6.36. The Bertz CT molecular complexity index is 1350. The van der Waals surface area contributed by atoms with Crippen LogP contribution < -0.4 is 4.74 Å². The molecule has 0 aliphatic heterocycles. The quantitative estimate of drug-likeness (QED) is 0.292. The van der Waals surface area contributed by atoms with Gasteiger partial charge in [0.05, 0.1) is 10.2 Å². The largest absolute Gasteiger partial charge is 0.486 e. The van der Waals surface area contributed by atoms with Crippen molar-refractivity contribution < 1.29 is 17.9 Å². The maximum atomic E-state index is 12.9. The number of nitrogens with zero attached hydrogens (tertiary/aromatic N) is 4. The first-order valence-electron chi connectivity index (χ1n) is 10.1. The number of benzene rings is 2. The van der Waals surface area contributed by atoms with E-state index in [9.17, 15) is 13.2 Å². The third-order valence-electron chi connectivity index (χ3n) is 4.92. The number of hydrogen-bond donors (Lipinski definition) is 0. The van der Waals surface area contributed by atoms with Crippen LogP contribution in [0.4, 0.5) is 13.2 Å². The van der Waals surface area contributed by atoms with E-state index in [4.69, 9.17) is 4.74 Å². The smallest absolute Gasteiger partial charge is 0.408 e. The summed E-state index contributed by atoms with van der Waals surface area (Å²) >= 11 is 1.58. The summed E-state index contributed by atoms with van der Waals surface area (Å²) in [6, 6.07) is 18.5. The molecule has 0 spiro atoms. The second-order valence-electron chi connectivity index (χ2n) is 7.33. The zero-order chi connectivity index (χ0) is 22.8. The number of alkyl halides is 3. The highest BCUT2D eigenvalue weighted by molar-refractivity contribution is 7.18. The summed E-state index contributed by atoms with van der Waals surface area (Å²) in [6.45, 7) is -0.824. The first-order valence-corrected chi connectivity index (χ1v) is 10.9. The summed E-state index contributed by atoms with van der Waals surface area (Å²) in [4.78, 5) is 8.54. The molecule has 0 unspecified atom stereocenters. The molecular weight excluding hydrogens is 449 g/mol. The van der Waals surface area contributed by atoms with Gasteiger partial charge in [0.1, 0.15) is 29.6 Å². The summed E-state index contributed by atoms with van der Waals surface area (Å²) in [5.41, 5.74) is 3.43. The van der Waals surface area contributed by atoms with E-state index in [2.05, 4.69) is 15.1 Å². The van der Waals surface area contributed by atoms with E-state index in [0.717, 1.165) is 25.5 Å². The van der Waals surface area contributed by atoms with Crippen molar-refractivity contribution in [3.63, 3.8) is 0 Å². The Morgan fingerprint density at radius 3 is 2.39 bits per heavy atom. The summed E-state index contributed by atoms with van der Waals surface area (Å²) in [5, 5.41) is 5.08. The van der Waals surface area contributed by atoms with Gasteiger partial charge in [-0.25, -0.2) is 4.98 Å². The molecule has 166 valence electrons. The minimum atomic E-state index is -4.36. The molecule has 3 aromatic heterocycles. The molecule has 0 amide bonds. The number of fused-ring (bicyclic) bond motifs is 1. The number of para-hydroxylation sites is 1. The van der Waals surface area contributed by atoms with Gasteiger partial charge in [-0.2, -0.15) is 18.3 Å². The molecule has 0 bridgehead atoms. The molecule has 0 atom stereocenters. The van der Waals surface area contributed by atoms with Crippen LogP contribution in [0, 0.1) is 0 Å². The van der Waals surface area contributed by atoms with Gasteiger partial charge in [-0.15, -0.1) is 11.3 Å². The molecule has 33 heavy (non-hydrogen) atoms. The van der Waals surface area contributed by atoms with Crippen molar-refractivity contribution in [2.24, 2.45) is 0 Å². The van der Waals surface area contributed by atoms with Gasteiger partial charge in [-0.3, -0.25) is 9.67 Å². The monoisotopic (exact) mass is 466 g/mol. The Hall–Kier alpha value is -3.72. The highest BCUT2D eigenvalue weighted by atomic mass is 32.1. The predicted molar refractivity (Wildman–Crippen MR) is 121 cm³/mol. The van der Waals surface area contributed by atoms with E-state index < -0.39 is 12.7 Å². The lowest BCUT2D eigenvalue weighted by Gasteiger charge is -2.06. The average Bonchev–Trinajstić information content (AvgIpc) is 3.41. The van der Waals surface area contributed by atoms with Crippen LogP contribution in [0.2, 0.25) is 0 Å². The van der Waals surface area contributed by atoms with Gasteiger partial charge in [-0.05, 0) is 54.1 Å². The topological polar surface area (TPSA) is 52.8 Å². The first-order chi connectivity index (χ1) is 15.9. The van der Waals surface area contributed by atoms with E-state index in [1.54, 1.807) is 60.1 Å². The minimum Gasteiger partial charge on any atom is -0.486 e. The lowest BCUT2D eigenvalue weighted by molar-refractivity contribution is -0.142. The first kappa shape index (κ1) is 21.1. The van der Waals surface area contributed by atoms with Crippen LogP contribution in [0.3, 0.4) is 0 Å². The highest BCUT2D eigenvalue weighted by Crippen LogP contribution is 2.33. The molecule has 0 saturated heterocycles. The minimum absolute atomic E-state index is 0.334. The molecule has 0 aliphatic carbocycles. The van der Waals surface area contributed by atoms with Crippen LogP contribution in [0.15, 0.2) is 79.3 Å². The van der Waals surface area contributed by atoms with Crippen molar-refractivity contribution in [3.05, 3.63) is 84.3 Å². The Morgan fingerprint density at radius 2 is 1.67 bits per heavy atom. The van der Waals surface area contributed by atoms with Crippen LogP contribution in [0.5, 0.6) is 5.75 Å². The zero-order valence-electron chi connectivity index (χ0n) is 17.2. The summed E-state index contributed by atoms with van der Waals surface area (Å²) in [6.07, 6.45) is 0.241. The molecule has 0 saturated carbocycles. The lowest BCUT2D eigenvalue weighted by atomic mass is 10.0. The third kappa shape index (κ3) is 4.88. The fraction of sp³-hybridized carbons (Fsp3) is 0.125. The van der Waals surface area contributed by atoms with Crippen molar-refractivity contribution in [3.8, 4) is 28.1 Å². The van der Waals surface area contributed by atoms with E-state index >= 15 is 0 Å². The highest BCUT2D eigenvalue weighted by Gasteiger charge is 2.29. The van der Waals surface area contributed by atoms with Crippen LogP contribution >= 0.6 is 11.3 Å². The number of hydrogen-bond acceptors (Lipinski definition) is 5. The summed E-state index contributed by atoms with van der Waals surface area (Å²) < 4.78 is 46.7. The molecule has 9 heteroatoms. The molecular formula is C24H17F3N4OS. The standard InChI is InChI=1S/C24H17F3N4OS/c25-24(26,27)15-31-13-19(16-9-11-28-12-10-16)23(30-31)17-5-7-18(8-6-17)32-14-22-29-20-3-1-2-4-21(20)33-22/h1-13H,14-15H2. The van der Waals surface area contributed by atoms with E-state index in [1.807, 2.05) is 24.3 Å². The number of thiazole rings is 1. The molecule has 0 aliphatic rings. The van der Waals surface area contributed by atoms with E-state index in [-0.39, 0.29) is 0 Å². The van der Waals surface area contributed by atoms with Crippen molar-refractivity contribution in [2.45, 2.75) is 19.3 Å². The molecule has 5 aromatic rings. The van der Waals surface area contributed by atoms with Crippen molar-refractivity contribution in [1.29, 1.82) is 0 Å². The number of halogens is 3. The Balaban J connectivity index is 1.38. The molecule has 2 aromatic carbocycles. The van der Waals surface area contributed by atoms with Gasteiger partial charge < -0.3 is 4.74 Å². The second kappa shape index (κ2) is 8.67. The van der Waals surface area contributed by atoms with Gasteiger partial charge in [0.2, 0.25) is 0 Å². The Kier molecular flexibility index (Phi) is 5.55. The normalized spacial score (nSPS) is 11.7. The molecule has 0 N–H and O–H groups in total. The van der Waals surface area contributed by atoms with E-state index in [1.165, 1.54) is 6.20 Å². The Labute approximate surface area is 191 Å². The third-order valence-corrected chi connectivity index (χ3v) is 5.93. The molecule has 0 fully saturated rings. The fourth-order valence-corrected chi connectivity index (χ4v) is 4.36. The zero-order valence-corrected chi connectivity index (χ0v) is 18.0. The average molecular weight is 466 g/mol. The fourth-order valence-electron chi connectivity index (χ4n) is 3.48. The van der Waals surface area contributed by atoms with Crippen LogP contribution in [-0.4, -0.2) is 25.9 Å². The van der Waals surface area contributed by atoms with Crippen LogP contribution in [-0.2, 0) is 13.2 Å². The number of pyridine rings is 1. The second-order valence-corrected chi connectivity index (χ2v) is 8.44. The summed E-state index contributed by atoms with van der Waals surface area (Å²) in [7, 11) is 0. The van der Waals surface area contributed by atoms with Crippen LogP contribution in [0.25, 0.3) is 32.6 Å². The molecule has 5 rings (SSSR count). The molecule has 3 heterocycles. The van der Waals surface area contributed by atoms with Crippen LogP contribution in [0.1, 0.15) is 5.01 Å². The maximum absolute atomic E-state index is 12.9. The Morgan fingerprint density at radius 1 is 0.909 bits per heavy atom. The molecule has 5 nitrogen and oxygen atoms in total. The van der Waals surface area contributed by atoms with Crippen molar-refractivity contribution in [2.75, 3.05) is 0 Å². The lowest BCUT2D eigenvalue weighted by Crippen LogP contribution is -2.17. The summed E-state index contributed by atoms with van der Waals surface area (Å²) in [5.74, 6) is 0.637. The SMILES string of the molecule is FC(F)(F)Cn1cc(-c2ccncc2)c(-c2ccc(OCc3nc4ccccc4s3)cc2)n1. The van der Waals surface area contributed by atoms with Gasteiger partial charge in [-0.1, -0.05) is 12.1 Å². The van der Waals surface area contributed by atoms with Gasteiger partial charge >= 0.3 is 6.18 Å². The number of rotatable bonds is 6. The number of aromatic nitrogens is 4. The van der Waals surface area contributed by atoms with E-state index in [0.29, 0.717) is 29.2 Å². The van der Waals surface area contributed by atoms with Gasteiger partial charge in [0.25, 0.3) is 0 Å². The van der Waals surface area contributed by atoms with Gasteiger partial charge in [0.15, 0.2) is 0 Å². The van der Waals surface area contributed by atoms with Crippen molar-refractivity contribution >= 4 is 21.6 Å².